The third kappa shape index (κ3) is 4.64. The maximum atomic E-state index is 13.6. The first-order chi connectivity index (χ1) is 15.4. The first-order valence-electron chi connectivity index (χ1n) is 10.7. The van der Waals surface area contributed by atoms with Crippen LogP contribution >= 0.6 is 0 Å². The van der Waals surface area contributed by atoms with Gasteiger partial charge in [0.05, 0.1) is 12.1 Å². The molecule has 0 saturated carbocycles. The second-order valence-corrected chi connectivity index (χ2v) is 8.13. The average Bonchev–Trinajstić information content (AvgIpc) is 3.33. The van der Waals surface area contributed by atoms with Crippen LogP contribution < -0.4 is 4.74 Å². The van der Waals surface area contributed by atoms with Crippen LogP contribution in [0.5, 0.6) is 5.75 Å². The van der Waals surface area contributed by atoms with Gasteiger partial charge in [-0.3, -0.25) is 14.2 Å². The van der Waals surface area contributed by atoms with E-state index in [1.165, 1.54) is 0 Å². The zero-order valence-electron chi connectivity index (χ0n) is 18.5. The number of nitrogens with zero attached hydrogens (tertiary/aromatic N) is 5. The van der Waals surface area contributed by atoms with Crippen molar-refractivity contribution in [3.8, 4) is 11.4 Å². The van der Waals surface area contributed by atoms with Gasteiger partial charge in [0, 0.05) is 37.8 Å². The van der Waals surface area contributed by atoms with Gasteiger partial charge in [0.1, 0.15) is 18.4 Å². The van der Waals surface area contributed by atoms with Gasteiger partial charge in [0.25, 0.3) is 5.91 Å². The average molecular weight is 434 g/mol. The van der Waals surface area contributed by atoms with E-state index in [2.05, 4.69) is 10.2 Å². The highest BCUT2D eigenvalue weighted by molar-refractivity contribution is 5.95. The van der Waals surface area contributed by atoms with Gasteiger partial charge in [-0.2, -0.15) is 0 Å². The molecule has 4 rings (SSSR count). The van der Waals surface area contributed by atoms with Gasteiger partial charge in [-0.15, -0.1) is 10.2 Å². The number of benzene rings is 2. The predicted octanol–water partition coefficient (Wildman–Crippen LogP) is 3.10. The van der Waals surface area contributed by atoms with Crippen LogP contribution in [0.2, 0.25) is 0 Å². The molecule has 1 aliphatic heterocycles. The Morgan fingerprint density at radius 1 is 1.03 bits per heavy atom. The molecule has 0 spiro atoms. The largest absolute Gasteiger partial charge is 0.491 e. The van der Waals surface area contributed by atoms with Gasteiger partial charge >= 0.3 is 0 Å². The molecular weight excluding hydrogens is 406 g/mol. The summed E-state index contributed by atoms with van der Waals surface area (Å²) in [5.74, 6) is 0.717. The summed E-state index contributed by atoms with van der Waals surface area (Å²) in [6.45, 7) is 6.96. The highest BCUT2D eigenvalue weighted by atomic mass is 16.5. The summed E-state index contributed by atoms with van der Waals surface area (Å²) in [7, 11) is 0. The SMILES string of the molecule is CC(=O)N1CCN(C(=O)c2cccc(-n3cnnc3)c2)[C@H](c2ccc(OC(C)C)cc2)C1. The number of piperazine rings is 1. The number of ether oxygens (including phenoxy) is 1. The Balaban J connectivity index is 1.63. The maximum absolute atomic E-state index is 13.6. The van der Waals surface area contributed by atoms with Crippen molar-refractivity contribution >= 4 is 11.8 Å². The topological polar surface area (TPSA) is 80.6 Å². The molecule has 8 nitrogen and oxygen atoms in total. The quantitative estimate of drug-likeness (QED) is 0.618. The fraction of sp³-hybridized carbons (Fsp3) is 0.333. The standard InChI is InChI=1S/C24H27N5O3/c1-17(2)32-22-9-7-19(8-10-22)23-14-27(18(3)30)11-12-29(23)24(31)20-5-4-6-21(13-20)28-15-25-26-16-28/h4-10,13,15-17,23H,11-12,14H2,1-3H3/t23-/m0/s1. The molecule has 1 fully saturated rings. The molecule has 0 radical (unpaired) electrons. The van der Waals surface area contributed by atoms with E-state index in [0.717, 1.165) is 17.0 Å². The minimum Gasteiger partial charge on any atom is -0.491 e. The Morgan fingerprint density at radius 3 is 2.41 bits per heavy atom. The van der Waals surface area contributed by atoms with Gasteiger partial charge in [0.15, 0.2) is 0 Å². The van der Waals surface area contributed by atoms with Gasteiger partial charge < -0.3 is 14.5 Å². The van der Waals surface area contributed by atoms with Crippen molar-refractivity contribution in [1.29, 1.82) is 0 Å². The molecule has 0 aliphatic carbocycles. The minimum absolute atomic E-state index is 0.0106. The Bertz CT molecular complexity index is 1080. The molecule has 1 aliphatic rings. The number of carbonyl (C=O) groups is 2. The predicted molar refractivity (Wildman–Crippen MR) is 120 cm³/mol. The molecule has 1 atom stereocenters. The smallest absolute Gasteiger partial charge is 0.254 e. The summed E-state index contributed by atoms with van der Waals surface area (Å²) < 4.78 is 7.51. The lowest BCUT2D eigenvalue weighted by Gasteiger charge is -2.41. The van der Waals surface area contributed by atoms with Crippen molar-refractivity contribution in [1.82, 2.24) is 24.6 Å². The summed E-state index contributed by atoms with van der Waals surface area (Å²) in [5, 5.41) is 7.67. The van der Waals surface area contributed by atoms with E-state index < -0.39 is 0 Å². The molecule has 1 aromatic heterocycles. The number of carbonyl (C=O) groups excluding carboxylic acids is 2. The van der Waals surface area contributed by atoms with E-state index in [9.17, 15) is 9.59 Å². The van der Waals surface area contributed by atoms with Crippen LogP contribution in [0.25, 0.3) is 5.69 Å². The molecular formula is C24H27N5O3. The van der Waals surface area contributed by atoms with Crippen molar-refractivity contribution in [2.45, 2.75) is 32.9 Å². The number of rotatable bonds is 5. The molecule has 2 aromatic carbocycles. The van der Waals surface area contributed by atoms with E-state index in [1.807, 2.05) is 67.3 Å². The fourth-order valence-corrected chi connectivity index (χ4v) is 3.94. The van der Waals surface area contributed by atoms with Crippen LogP contribution in [0.15, 0.2) is 61.2 Å². The molecule has 8 heteroatoms. The summed E-state index contributed by atoms with van der Waals surface area (Å²) >= 11 is 0. The third-order valence-electron chi connectivity index (χ3n) is 5.53. The minimum atomic E-state index is -0.244. The second kappa shape index (κ2) is 9.21. The van der Waals surface area contributed by atoms with Crippen molar-refractivity contribution in [2.75, 3.05) is 19.6 Å². The lowest BCUT2D eigenvalue weighted by Crippen LogP contribution is -2.51. The van der Waals surface area contributed by atoms with Crippen LogP contribution in [0.3, 0.4) is 0 Å². The first-order valence-corrected chi connectivity index (χ1v) is 10.7. The van der Waals surface area contributed by atoms with Crippen LogP contribution in [-0.4, -0.2) is 62.1 Å². The van der Waals surface area contributed by atoms with E-state index in [0.29, 0.717) is 25.2 Å². The van der Waals surface area contributed by atoms with Crippen LogP contribution in [0, 0.1) is 0 Å². The fourth-order valence-electron chi connectivity index (χ4n) is 3.94. The number of hydrogen-bond acceptors (Lipinski definition) is 5. The molecule has 0 N–H and O–H groups in total. The highest BCUT2D eigenvalue weighted by Gasteiger charge is 2.33. The first kappa shape index (κ1) is 21.5. The van der Waals surface area contributed by atoms with Crippen molar-refractivity contribution in [3.63, 3.8) is 0 Å². The van der Waals surface area contributed by atoms with Gasteiger partial charge in [0.2, 0.25) is 5.91 Å². The summed E-state index contributed by atoms with van der Waals surface area (Å²) in [4.78, 5) is 29.3. The zero-order chi connectivity index (χ0) is 22.7. The molecule has 3 aromatic rings. The lowest BCUT2D eigenvalue weighted by molar-refractivity contribution is -0.131. The summed E-state index contributed by atoms with van der Waals surface area (Å²) in [6, 6.07) is 14.9. The van der Waals surface area contributed by atoms with Gasteiger partial charge in [-0.1, -0.05) is 18.2 Å². The van der Waals surface area contributed by atoms with Gasteiger partial charge in [-0.25, -0.2) is 0 Å². The molecule has 166 valence electrons. The highest BCUT2D eigenvalue weighted by Crippen LogP contribution is 2.29. The number of amides is 2. The molecule has 0 bridgehead atoms. The van der Waals surface area contributed by atoms with Gasteiger partial charge in [-0.05, 0) is 49.7 Å². The monoisotopic (exact) mass is 433 g/mol. The van der Waals surface area contributed by atoms with E-state index >= 15 is 0 Å². The Kier molecular flexibility index (Phi) is 6.20. The van der Waals surface area contributed by atoms with Crippen molar-refractivity contribution < 1.29 is 14.3 Å². The molecule has 0 unspecified atom stereocenters. The van der Waals surface area contributed by atoms with Crippen molar-refractivity contribution in [2.24, 2.45) is 0 Å². The molecule has 2 heterocycles. The lowest BCUT2D eigenvalue weighted by atomic mass is 10.0. The number of hydrogen-bond donors (Lipinski definition) is 0. The summed E-state index contributed by atoms with van der Waals surface area (Å²) in [5.41, 5.74) is 2.36. The molecule has 32 heavy (non-hydrogen) atoms. The normalized spacial score (nSPS) is 16.3. The van der Waals surface area contributed by atoms with E-state index in [4.69, 9.17) is 4.74 Å². The Labute approximate surface area is 187 Å². The molecule has 1 saturated heterocycles. The molecule has 2 amide bonds. The Morgan fingerprint density at radius 2 is 1.75 bits per heavy atom. The van der Waals surface area contributed by atoms with Crippen LogP contribution in [0.4, 0.5) is 0 Å². The summed E-state index contributed by atoms with van der Waals surface area (Å²) in [6.07, 6.45) is 3.28. The Hall–Kier alpha value is -3.68. The zero-order valence-corrected chi connectivity index (χ0v) is 18.5. The second-order valence-electron chi connectivity index (χ2n) is 8.13. The van der Waals surface area contributed by atoms with Crippen molar-refractivity contribution in [3.05, 3.63) is 72.3 Å². The van der Waals surface area contributed by atoms with E-state index in [-0.39, 0.29) is 24.0 Å². The third-order valence-corrected chi connectivity index (χ3v) is 5.53. The maximum Gasteiger partial charge on any atom is 0.254 e. The number of aromatic nitrogens is 3. The van der Waals surface area contributed by atoms with Crippen LogP contribution in [0.1, 0.15) is 42.7 Å². The van der Waals surface area contributed by atoms with E-state index in [1.54, 1.807) is 29.0 Å². The van der Waals surface area contributed by atoms with Crippen LogP contribution in [-0.2, 0) is 4.79 Å².